The van der Waals surface area contributed by atoms with Gasteiger partial charge in [-0.3, -0.25) is 14.9 Å². The van der Waals surface area contributed by atoms with E-state index in [1.165, 1.54) is 31.4 Å². The van der Waals surface area contributed by atoms with Gasteiger partial charge in [0.15, 0.2) is 11.5 Å². The summed E-state index contributed by atoms with van der Waals surface area (Å²) in [6, 6.07) is 14.0. The van der Waals surface area contributed by atoms with Crippen molar-refractivity contribution >= 4 is 56.3 Å². The molecule has 11 heteroatoms. The van der Waals surface area contributed by atoms with Crippen molar-refractivity contribution in [1.29, 1.82) is 0 Å². The highest BCUT2D eigenvalue weighted by Gasteiger charge is 2.19. The smallest absolute Gasteiger partial charge is 0.349 e. The predicted octanol–water partition coefficient (Wildman–Crippen LogP) is 5.67. The average Bonchev–Trinajstić information content (AvgIpc) is 3.42. The van der Waals surface area contributed by atoms with Crippen LogP contribution in [0.25, 0.3) is 10.1 Å². The molecule has 0 saturated carbocycles. The minimum atomic E-state index is -0.540. The van der Waals surface area contributed by atoms with Gasteiger partial charge >= 0.3 is 11.7 Å². The number of halogens is 1. The number of nitrogens with one attached hydrogen (secondary N) is 1. The third-order valence-electron chi connectivity index (χ3n) is 4.58. The molecule has 4 rings (SSSR count). The van der Waals surface area contributed by atoms with E-state index in [4.69, 9.17) is 25.5 Å². The van der Waals surface area contributed by atoms with E-state index in [0.717, 1.165) is 11.3 Å². The summed E-state index contributed by atoms with van der Waals surface area (Å²) in [6.45, 7) is -0.0892. The molecule has 2 aromatic heterocycles. The Bertz CT molecular complexity index is 1380. The van der Waals surface area contributed by atoms with Crippen molar-refractivity contribution in [1.82, 2.24) is 0 Å². The largest absolute Gasteiger partial charge is 0.479 e. The van der Waals surface area contributed by atoms with Gasteiger partial charge in [-0.15, -0.1) is 11.3 Å². The molecule has 0 aliphatic heterocycles. The van der Waals surface area contributed by atoms with Gasteiger partial charge < -0.3 is 19.2 Å². The quantitative estimate of drug-likeness (QED) is 0.203. The Morgan fingerprint density at radius 1 is 1.18 bits per heavy atom. The Hall–Kier alpha value is -3.89. The topological polar surface area (TPSA) is 121 Å². The van der Waals surface area contributed by atoms with E-state index in [2.05, 4.69) is 5.32 Å². The summed E-state index contributed by atoms with van der Waals surface area (Å²) >= 11 is 7.41. The maximum atomic E-state index is 12.6. The number of para-hydroxylation sites is 2. The summed E-state index contributed by atoms with van der Waals surface area (Å²) in [4.78, 5) is 35.2. The van der Waals surface area contributed by atoms with Crippen LogP contribution in [0.2, 0.25) is 5.02 Å². The number of hydrogen-bond acceptors (Lipinski definition) is 8. The second-order valence-corrected chi connectivity index (χ2v) is 8.11. The number of carbonyl (C=O) groups excluding carboxylic acids is 2. The van der Waals surface area contributed by atoms with Crippen LogP contribution in [0.5, 0.6) is 5.75 Å². The standard InChI is InChI=1S/C22H15ClN2O7S/c1-30-22(27)20-19(23)14-8-6-12(10-18(14)33-20)24-21(26)17-9-7-13(32-17)11-31-16-5-3-2-4-15(16)25(28)29/h2-10H,11H2,1H3,(H,24,26). The molecular formula is C22H15ClN2O7S. The van der Waals surface area contributed by atoms with Crippen molar-refractivity contribution in [3.05, 3.63) is 86.1 Å². The molecule has 0 unspecified atom stereocenters. The second-order valence-electron chi connectivity index (χ2n) is 6.68. The number of nitro groups is 1. The molecule has 0 radical (unpaired) electrons. The Kier molecular flexibility index (Phi) is 6.29. The lowest BCUT2D eigenvalue weighted by atomic mass is 10.2. The minimum absolute atomic E-state index is 0.0377. The molecule has 4 aromatic rings. The molecule has 2 heterocycles. The fourth-order valence-corrected chi connectivity index (χ4v) is 4.48. The lowest BCUT2D eigenvalue weighted by Crippen LogP contribution is -2.10. The van der Waals surface area contributed by atoms with Crippen LogP contribution in [0, 0.1) is 10.1 Å². The third-order valence-corrected chi connectivity index (χ3v) is 6.21. The molecule has 0 aliphatic rings. The molecule has 0 bridgehead atoms. The van der Waals surface area contributed by atoms with Crippen LogP contribution in [0.1, 0.15) is 26.0 Å². The molecule has 0 fully saturated rings. The number of rotatable bonds is 7. The van der Waals surface area contributed by atoms with E-state index >= 15 is 0 Å². The van der Waals surface area contributed by atoms with Gasteiger partial charge in [0, 0.05) is 21.8 Å². The van der Waals surface area contributed by atoms with Gasteiger partial charge in [0.2, 0.25) is 0 Å². The minimum Gasteiger partial charge on any atom is -0.479 e. The maximum absolute atomic E-state index is 12.6. The number of amides is 1. The van der Waals surface area contributed by atoms with Gasteiger partial charge in [-0.1, -0.05) is 23.7 Å². The van der Waals surface area contributed by atoms with Crippen LogP contribution < -0.4 is 10.1 Å². The van der Waals surface area contributed by atoms with Gasteiger partial charge in [-0.25, -0.2) is 4.79 Å². The summed E-state index contributed by atoms with van der Waals surface area (Å²) in [5.74, 6) is -0.573. The number of benzene rings is 2. The number of anilines is 1. The number of methoxy groups -OCH3 is 1. The zero-order chi connectivity index (χ0) is 23.5. The Labute approximate surface area is 195 Å². The molecule has 0 saturated heterocycles. The molecule has 2 aromatic carbocycles. The first-order valence-corrected chi connectivity index (χ1v) is 10.6. The van der Waals surface area contributed by atoms with Gasteiger partial charge in [-0.05, 0) is 36.4 Å². The molecular weight excluding hydrogens is 472 g/mol. The number of hydrogen-bond donors (Lipinski definition) is 1. The van der Waals surface area contributed by atoms with Crippen LogP contribution in [-0.2, 0) is 11.3 Å². The highest BCUT2D eigenvalue weighted by atomic mass is 35.5. The van der Waals surface area contributed by atoms with Crippen molar-refractivity contribution in [3.8, 4) is 5.75 Å². The molecule has 1 amide bonds. The summed E-state index contributed by atoms with van der Waals surface area (Å²) in [7, 11) is 1.28. The fraction of sp³-hybridized carbons (Fsp3) is 0.0909. The van der Waals surface area contributed by atoms with Crippen molar-refractivity contribution in [3.63, 3.8) is 0 Å². The summed E-state index contributed by atoms with van der Waals surface area (Å²) in [6.07, 6.45) is 0. The Morgan fingerprint density at radius 3 is 2.73 bits per heavy atom. The van der Waals surface area contributed by atoms with Crippen LogP contribution in [0.4, 0.5) is 11.4 Å². The molecule has 9 nitrogen and oxygen atoms in total. The van der Waals surface area contributed by atoms with Crippen molar-refractivity contribution in [2.24, 2.45) is 0 Å². The normalized spacial score (nSPS) is 10.7. The van der Waals surface area contributed by atoms with Crippen molar-refractivity contribution < 1.29 is 28.4 Å². The zero-order valence-electron chi connectivity index (χ0n) is 17.0. The van der Waals surface area contributed by atoms with Crippen LogP contribution >= 0.6 is 22.9 Å². The average molecular weight is 487 g/mol. The summed E-state index contributed by atoms with van der Waals surface area (Å²) in [5, 5.41) is 14.8. The highest BCUT2D eigenvalue weighted by molar-refractivity contribution is 7.21. The SMILES string of the molecule is COC(=O)c1sc2cc(NC(=O)c3ccc(COc4ccccc4[N+](=O)[O-])o3)ccc2c1Cl. The van der Waals surface area contributed by atoms with E-state index in [1.807, 2.05) is 0 Å². The lowest BCUT2D eigenvalue weighted by molar-refractivity contribution is -0.386. The summed E-state index contributed by atoms with van der Waals surface area (Å²) in [5.41, 5.74) is 0.317. The zero-order valence-corrected chi connectivity index (χ0v) is 18.6. The number of nitro benzene ring substituents is 1. The summed E-state index contributed by atoms with van der Waals surface area (Å²) < 4.78 is 16.4. The molecule has 1 N–H and O–H groups in total. The van der Waals surface area contributed by atoms with E-state index in [0.29, 0.717) is 26.6 Å². The van der Waals surface area contributed by atoms with Gasteiger partial charge in [-0.2, -0.15) is 0 Å². The first-order valence-electron chi connectivity index (χ1n) is 9.44. The number of carbonyl (C=O) groups is 2. The van der Waals surface area contributed by atoms with E-state index in [9.17, 15) is 19.7 Å². The van der Waals surface area contributed by atoms with Crippen LogP contribution in [-0.4, -0.2) is 23.9 Å². The lowest BCUT2D eigenvalue weighted by Gasteiger charge is -2.05. The number of ether oxygens (including phenoxy) is 2. The third kappa shape index (κ3) is 4.66. The number of fused-ring (bicyclic) bond motifs is 1. The number of nitrogens with zero attached hydrogens (tertiary/aromatic N) is 1. The molecule has 0 spiro atoms. The molecule has 33 heavy (non-hydrogen) atoms. The Morgan fingerprint density at radius 2 is 1.97 bits per heavy atom. The predicted molar refractivity (Wildman–Crippen MR) is 122 cm³/mol. The van der Waals surface area contributed by atoms with E-state index in [1.54, 1.807) is 30.3 Å². The van der Waals surface area contributed by atoms with Crippen molar-refractivity contribution in [2.45, 2.75) is 6.61 Å². The van der Waals surface area contributed by atoms with Crippen molar-refractivity contribution in [2.75, 3.05) is 12.4 Å². The Balaban J connectivity index is 1.45. The van der Waals surface area contributed by atoms with E-state index in [-0.39, 0.29) is 28.7 Å². The van der Waals surface area contributed by atoms with Crippen LogP contribution in [0.15, 0.2) is 59.0 Å². The molecule has 168 valence electrons. The van der Waals surface area contributed by atoms with Crippen LogP contribution in [0.3, 0.4) is 0 Å². The maximum Gasteiger partial charge on any atom is 0.349 e. The molecule has 0 atom stereocenters. The second kappa shape index (κ2) is 9.31. The van der Waals surface area contributed by atoms with Gasteiger partial charge in [0.25, 0.3) is 5.91 Å². The first kappa shape index (κ1) is 22.3. The fourth-order valence-electron chi connectivity index (χ4n) is 3.02. The molecule has 0 aliphatic carbocycles. The van der Waals surface area contributed by atoms with E-state index < -0.39 is 16.8 Å². The number of thiophene rings is 1. The monoisotopic (exact) mass is 486 g/mol. The number of esters is 1. The van der Waals surface area contributed by atoms with Gasteiger partial charge in [0.05, 0.1) is 17.1 Å². The number of furan rings is 1. The first-order chi connectivity index (χ1) is 15.9. The van der Waals surface area contributed by atoms with Gasteiger partial charge in [0.1, 0.15) is 17.2 Å². The highest BCUT2D eigenvalue weighted by Crippen LogP contribution is 2.37.